The van der Waals surface area contributed by atoms with Gasteiger partial charge in [-0.1, -0.05) is 0 Å². The van der Waals surface area contributed by atoms with Crippen LogP contribution in [0, 0.1) is 5.92 Å². The fraction of sp³-hybridized carbons (Fsp3) is 0.385. The molecule has 2 rings (SSSR count). The van der Waals surface area contributed by atoms with Crippen LogP contribution in [-0.4, -0.2) is 44.0 Å². The van der Waals surface area contributed by atoms with E-state index in [4.69, 9.17) is 9.84 Å². The number of carboxylic acids is 1. The second kappa shape index (κ2) is 5.72. The van der Waals surface area contributed by atoms with Crippen LogP contribution in [0.2, 0.25) is 0 Å². The quantitative estimate of drug-likeness (QED) is 0.849. The zero-order valence-corrected chi connectivity index (χ0v) is 12.1. The monoisotopic (exact) mass is 313 g/mol. The number of aromatic carboxylic acids is 1. The number of anilines is 1. The number of hydrogen-bond acceptors (Lipinski definition) is 5. The first kappa shape index (κ1) is 15.3. The lowest BCUT2D eigenvalue weighted by molar-refractivity contribution is -0.119. The summed E-state index contributed by atoms with van der Waals surface area (Å²) in [7, 11) is -1.75. The molecule has 1 aliphatic heterocycles. The highest BCUT2D eigenvalue weighted by atomic mass is 32.2. The molecule has 1 aromatic rings. The van der Waals surface area contributed by atoms with Crippen LogP contribution in [0.15, 0.2) is 18.2 Å². The summed E-state index contributed by atoms with van der Waals surface area (Å²) in [4.78, 5) is 23.2. The Morgan fingerprint density at radius 1 is 1.38 bits per heavy atom. The standard InChI is InChI=1S/C13H15NO6S/c1-20-9-2-3-10(13(16)17)11(6-9)14-12(15)8-4-5-21(18,19)7-8/h2-3,6,8H,4-5,7H2,1H3,(H,14,15)(H,16,17). The van der Waals surface area contributed by atoms with Crippen molar-refractivity contribution in [2.45, 2.75) is 6.42 Å². The van der Waals surface area contributed by atoms with Crippen molar-refractivity contribution in [2.75, 3.05) is 23.9 Å². The van der Waals surface area contributed by atoms with Gasteiger partial charge in [-0.2, -0.15) is 0 Å². The van der Waals surface area contributed by atoms with Gasteiger partial charge in [0.25, 0.3) is 0 Å². The maximum atomic E-state index is 12.1. The molecule has 1 aromatic carbocycles. The van der Waals surface area contributed by atoms with Gasteiger partial charge in [0, 0.05) is 6.07 Å². The van der Waals surface area contributed by atoms with E-state index < -0.39 is 27.6 Å². The molecule has 1 heterocycles. The summed E-state index contributed by atoms with van der Waals surface area (Å²) in [5.41, 5.74) is 0.0150. The molecule has 1 aliphatic rings. The molecule has 0 aromatic heterocycles. The van der Waals surface area contributed by atoms with E-state index in [9.17, 15) is 18.0 Å². The maximum absolute atomic E-state index is 12.1. The third kappa shape index (κ3) is 3.52. The summed E-state index contributed by atoms with van der Waals surface area (Å²) >= 11 is 0. The first-order valence-corrected chi connectivity index (χ1v) is 8.07. The van der Waals surface area contributed by atoms with Crippen LogP contribution in [-0.2, 0) is 14.6 Å². The summed E-state index contributed by atoms with van der Waals surface area (Å²) in [5, 5.41) is 11.6. The number of amides is 1. The molecular weight excluding hydrogens is 298 g/mol. The van der Waals surface area contributed by atoms with E-state index >= 15 is 0 Å². The fourth-order valence-electron chi connectivity index (χ4n) is 2.18. The van der Waals surface area contributed by atoms with Crippen molar-refractivity contribution in [3.8, 4) is 5.75 Å². The average Bonchev–Trinajstić information content (AvgIpc) is 2.78. The van der Waals surface area contributed by atoms with Crippen LogP contribution in [0.1, 0.15) is 16.8 Å². The van der Waals surface area contributed by atoms with Gasteiger partial charge >= 0.3 is 5.97 Å². The van der Waals surface area contributed by atoms with Crippen LogP contribution in [0.25, 0.3) is 0 Å². The second-order valence-corrected chi connectivity index (χ2v) is 7.03. The highest BCUT2D eigenvalue weighted by Crippen LogP contribution is 2.25. The third-order valence-electron chi connectivity index (χ3n) is 3.32. The van der Waals surface area contributed by atoms with E-state index in [1.807, 2.05) is 0 Å². The van der Waals surface area contributed by atoms with Gasteiger partial charge in [0.1, 0.15) is 5.75 Å². The van der Waals surface area contributed by atoms with Crippen LogP contribution in [0.4, 0.5) is 5.69 Å². The van der Waals surface area contributed by atoms with E-state index in [0.717, 1.165) is 0 Å². The summed E-state index contributed by atoms with van der Waals surface area (Å²) in [6.07, 6.45) is 0.251. The highest BCUT2D eigenvalue weighted by Gasteiger charge is 2.33. The van der Waals surface area contributed by atoms with Crippen molar-refractivity contribution >= 4 is 27.4 Å². The minimum absolute atomic E-state index is 0.0189. The van der Waals surface area contributed by atoms with Crippen molar-refractivity contribution in [2.24, 2.45) is 5.92 Å². The number of rotatable bonds is 4. The summed E-state index contributed by atoms with van der Waals surface area (Å²) in [6.45, 7) is 0. The zero-order chi connectivity index (χ0) is 15.6. The largest absolute Gasteiger partial charge is 0.497 e. The normalized spacial score (nSPS) is 20.0. The summed E-state index contributed by atoms with van der Waals surface area (Å²) in [6, 6.07) is 4.19. The number of nitrogens with one attached hydrogen (secondary N) is 1. The molecule has 0 spiro atoms. The van der Waals surface area contributed by atoms with Gasteiger partial charge < -0.3 is 15.2 Å². The molecule has 1 fully saturated rings. The lowest BCUT2D eigenvalue weighted by Crippen LogP contribution is -2.24. The average molecular weight is 313 g/mol. The molecule has 1 amide bonds. The molecule has 1 atom stereocenters. The molecule has 0 saturated carbocycles. The summed E-state index contributed by atoms with van der Waals surface area (Å²) < 4.78 is 27.7. The Bertz CT molecular complexity index is 682. The number of ether oxygens (including phenoxy) is 1. The third-order valence-corrected chi connectivity index (χ3v) is 5.09. The first-order chi connectivity index (χ1) is 9.82. The number of sulfone groups is 1. The van der Waals surface area contributed by atoms with Gasteiger partial charge in [-0.25, -0.2) is 13.2 Å². The molecule has 8 heteroatoms. The van der Waals surface area contributed by atoms with Crippen LogP contribution < -0.4 is 10.1 Å². The van der Waals surface area contributed by atoms with Crippen molar-refractivity contribution in [1.29, 1.82) is 0 Å². The molecule has 0 bridgehead atoms. The molecule has 1 unspecified atom stereocenters. The van der Waals surface area contributed by atoms with E-state index in [1.165, 1.54) is 25.3 Å². The number of hydrogen-bond donors (Lipinski definition) is 2. The topological polar surface area (TPSA) is 110 Å². The first-order valence-electron chi connectivity index (χ1n) is 6.25. The molecule has 0 aliphatic carbocycles. The van der Waals surface area contributed by atoms with Crippen LogP contribution >= 0.6 is 0 Å². The highest BCUT2D eigenvalue weighted by molar-refractivity contribution is 7.91. The number of carbonyl (C=O) groups is 2. The van der Waals surface area contributed by atoms with Crippen molar-refractivity contribution in [1.82, 2.24) is 0 Å². The molecular formula is C13H15NO6S. The zero-order valence-electron chi connectivity index (χ0n) is 11.3. The molecule has 114 valence electrons. The van der Waals surface area contributed by atoms with E-state index in [-0.39, 0.29) is 29.2 Å². The minimum Gasteiger partial charge on any atom is -0.497 e. The smallest absolute Gasteiger partial charge is 0.337 e. The molecule has 2 N–H and O–H groups in total. The van der Waals surface area contributed by atoms with Gasteiger partial charge in [-0.05, 0) is 18.6 Å². The number of carboxylic acid groups (broad SMARTS) is 1. The number of benzene rings is 1. The minimum atomic E-state index is -3.17. The van der Waals surface area contributed by atoms with Crippen molar-refractivity contribution in [3.05, 3.63) is 23.8 Å². The molecule has 1 saturated heterocycles. The maximum Gasteiger partial charge on any atom is 0.337 e. The lowest BCUT2D eigenvalue weighted by Gasteiger charge is -2.13. The Labute approximate surface area is 121 Å². The fourth-order valence-corrected chi connectivity index (χ4v) is 3.92. The van der Waals surface area contributed by atoms with Gasteiger partial charge in [-0.15, -0.1) is 0 Å². The van der Waals surface area contributed by atoms with E-state index in [0.29, 0.717) is 5.75 Å². The Morgan fingerprint density at radius 3 is 2.62 bits per heavy atom. The SMILES string of the molecule is COc1ccc(C(=O)O)c(NC(=O)C2CCS(=O)(=O)C2)c1. The number of carbonyl (C=O) groups excluding carboxylic acids is 1. The van der Waals surface area contributed by atoms with Gasteiger partial charge in [0.15, 0.2) is 9.84 Å². The van der Waals surface area contributed by atoms with E-state index in [2.05, 4.69) is 5.32 Å². The van der Waals surface area contributed by atoms with Gasteiger partial charge in [0.05, 0.1) is 35.8 Å². The van der Waals surface area contributed by atoms with Crippen LogP contribution in [0.5, 0.6) is 5.75 Å². The predicted molar refractivity (Wildman–Crippen MR) is 75.3 cm³/mol. The predicted octanol–water partition coefficient (Wildman–Crippen LogP) is 0.767. The van der Waals surface area contributed by atoms with Crippen molar-refractivity contribution < 1.29 is 27.9 Å². The van der Waals surface area contributed by atoms with Gasteiger partial charge in [0.2, 0.25) is 5.91 Å². The Balaban J connectivity index is 2.22. The Kier molecular flexibility index (Phi) is 4.17. The van der Waals surface area contributed by atoms with E-state index in [1.54, 1.807) is 0 Å². The van der Waals surface area contributed by atoms with Gasteiger partial charge in [-0.3, -0.25) is 4.79 Å². The lowest BCUT2D eigenvalue weighted by atomic mass is 10.1. The molecule has 0 radical (unpaired) electrons. The molecule has 21 heavy (non-hydrogen) atoms. The Morgan fingerprint density at radius 2 is 2.10 bits per heavy atom. The van der Waals surface area contributed by atoms with Crippen molar-refractivity contribution in [3.63, 3.8) is 0 Å². The number of methoxy groups -OCH3 is 1. The second-order valence-electron chi connectivity index (χ2n) is 4.81. The Hall–Kier alpha value is -2.09. The molecule has 7 nitrogen and oxygen atoms in total. The summed E-state index contributed by atoms with van der Waals surface area (Å²) in [5.74, 6) is -2.16. The van der Waals surface area contributed by atoms with Crippen LogP contribution in [0.3, 0.4) is 0 Å².